The summed E-state index contributed by atoms with van der Waals surface area (Å²) in [6, 6.07) is 16.6. The van der Waals surface area contributed by atoms with Gasteiger partial charge in [-0.15, -0.1) is 0 Å². The number of nitrogens with zero attached hydrogens (tertiary/aromatic N) is 1. The predicted octanol–water partition coefficient (Wildman–Crippen LogP) is 4.24. The van der Waals surface area contributed by atoms with Crippen LogP contribution in [0.15, 0.2) is 60.8 Å². The zero-order valence-corrected chi connectivity index (χ0v) is 20.0. The lowest BCUT2D eigenvalue weighted by molar-refractivity contribution is -0.137. The maximum absolute atomic E-state index is 12.5. The van der Waals surface area contributed by atoms with Gasteiger partial charge in [-0.3, -0.25) is 9.59 Å². The highest BCUT2D eigenvalue weighted by molar-refractivity contribution is 7.19. The highest BCUT2D eigenvalue weighted by atomic mass is 32.1. The van der Waals surface area contributed by atoms with Crippen LogP contribution in [0.25, 0.3) is 10.4 Å². The minimum absolute atomic E-state index is 0.402. The van der Waals surface area contributed by atoms with Gasteiger partial charge in [-0.2, -0.15) is 0 Å². The molecule has 0 spiro atoms. The fraction of sp³-hybridized carbons (Fsp3) is 0.320. The normalized spacial score (nSPS) is 13.1. The van der Waals surface area contributed by atoms with Gasteiger partial charge in [0.2, 0.25) is 11.8 Å². The van der Waals surface area contributed by atoms with E-state index in [-0.39, 0.29) is 0 Å². The Balaban J connectivity index is 1.64. The molecule has 0 aliphatic rings. The number of thiazole rings is 1. The maximum Gasteiger partial charge on any atom is 0.250 e. The molecule has 2 amide bonds. The fourth-order valence-corrected chi connectivity index (χ4v) is 3.87. The Morgan fingerprint density at radius 1 is 1.06 bits per heavy atom. The SMILES string of the molecule is C[C@H](NC(=O)[C@@H](O)C(C)(C)C)C(=O)Nc1ncc(-c2ccccc2COc2ccccc2)s1. The lowest BCUT2D eigenvalue weighted by Crippen LogP contribution is -2.49. The second-order valence-corrected chi connectivity index (χ2v) is 9.81. The molecule has 0 saturated carbocycles. The Hall–Kier alpha value is -3.23. The third kappa shape index (κ3) is 6.63. The minimum Gasteiger partial charge on any atom is -0.489 e. The lowest BCUT2D eigenvalue weighted by atomic mass is 9.88. The molecule has 7 nitrogen and oxygen atoms in total. The quantitative estimate of drug-likeness (QED) is 0.460. The Kier molecular flexibility index (Phi) is 7.84. The first kappa shape index (κ1) is 24.4. The number of aliphatic hydroxyl groups is 1. The topological polar surface area (TPSA) is 101 Å². The second kappa shape index (κ2) is 10.6. The number of aromatic nitrogens is 1. The number of carbonyl (C=O) groups excluding carboxylic acids is 2. The van der Waals surface area contributed by atoms with Crippen molar-refractivity contribution in [2.24, 2.45) is 5.41 Å². The first-order valence-electron chi connectivity index (χ1n) is 10.7. The van der Waals surface area contributed by atoms with Gasteiger partial charge in [0.05, 0.1) is 4.88 Å². The summed E-state index contributed by atoms with van der Waals surface area (Å²) >= 11 is 1.34. The van der Waals surface area contributed by atoms with Crippen LogP contribution in [0.5, 0.6) is 5.75 Å². The number of aliphatic hydroxyl groups excluding tert-OH is 1. The number of ether oxygens (including phenoxy) is 1. The summed E-state index contributed by atoms with van der Waals surface area (Å²) < 4.78 is 5.89. The van der Waals surface area contributed by atoms with E-state index in [0.717, 1.165) is 21.8 Å². The molecule has 0 aliphatic carbocycles. The van der Waals surface area contributed by atoms with Gasteiger partial charge in [0.25, 0.3) is 0 Å². The standard InChI is InChI=1S/C25H29N3O4S/c1-16(27-23(31)21(29)25(2,3)4)22(30)28-24-26-14-20(33-24)19-13-9-8-10-17(19)15-32-18-11-6-5-7-12-18/h5-14,16,21,29H,15H2,1-4H3,(H,27,31)(H,26,28,30)/t16-,21+/m0/s1. The molecule has 0 unspecified atom stereocenters. The van der Waals surface area contributed by atoms with Crippen LogP contribution in [0.2, 0.25) is 0 Å². The molecule has 0 radical (unpaired) electrons. The van der Waals surface area contributed by atoms with E-state index < -0.39 is 29.4 Å². The molecular weight excluding hydrogens is 438 g/mol. The summed E-state index contributed by atoms with van der Waals surface area (Å²) in [5.74, 6) is -0.208. The van der Waals surface area contributed by atoms with E-state index in [1.165, 1.54) is 11.3 Å². The van der Waals surface area contributed by atoms with E-state index in [9.17, 15) is 14.7 Å². The summed E-state index contributed by atoms with van der Waals surface area (Å²) in [6.45, 7) is 7.22. The smallest absolute Gasteiger partial charge is 0.250 e. The summed E-state index contributed by atoms with van der Waals surface area (Å²) in [4.78, 5) is 29.9. The number of para-hydroxylation sites is 1. The van der Waals surface area contributed by atoms with Crippen LogP contribution in [0.4, 0.5) is 5.13 Å². The third-order valence-electron chi connectivity index (χ3n) is 4.98. The number of anilines is 1. The zero-order chi connectivity index (χ0) is 24.0. The number of carbonyl (C=O) groups is 2. The summed E-state index contributed by atoms with van der Waals surface area (Å²) in [6.07, 6.45) is 0.489. The van der Waals surface area contributed by atoms with Crippen molar-refractivity contribution in [1.29, 1.82) is 0 Å². The van der Waals surface area contributed by atoms with Crippen molar-refractivity contribution in [2.45, 2.75) is 46.4 Å². The van der Waals surface area contributed by atoms with E-state index in [0.29, 0.717) is 11.7 Å². The Morgan fingerprint density at radius 2 is 1.73 bits per heavy atom. The fourth-order valence-electron chi connectivity index (χ4n) is 2.99. The largest absolute Gasteiger partial charge is 0.489 e. The van der Waals surface area contributed by atoms with Crippen LogP contribution >= 0.6 is 11.3 Å². The van der Waals surface area contributed by atoms with Gasteiger partial charge in [0.1, 0.15) is 24.5 Å². The second-order valence-electron chi connectivity index (χ2n) is 8.78. The Morgan fingerprint density at radius 3 is 2.42 bits per heavy atom. The van der Waals surface area contributed by atoms with Crippen LogP contribution < -0.4 is 15.4 Å². The number of rotatable bonds is 8. The van der Waals surface area contributed by atoms with Gasteiger partial charge in [0, 0.05) is 6.20 Å². The van der Waals surface area contributed by atoms with E-state index in [1.54, 1.807) is 33.9 Å². The first-order chi connectivity index (χ1) is 15.6. The molecule has 8 heteroatoms. The summed E-state index contributed by atoms with van der Waals surface area (Å²) in [5, 5.41) is 15.8. The van der Waals surface area contributed by atoms with Crippen molar-refractivity contribution in [3.8, 4) is 16.2 Å². The maximum atomic E-state index is 12.5. The van der Waals surface area contributed by atoms with Gasteiger partial charge in [0.15, 0.2) is 5.13 Å². The zero-order valence-electron chi connectivity index (χ0n) is 19.2. The molecule has 1 heterocycles. The van der Waals surface area contributed by atoms with Gasteiger partial charge < -0.3 is 20.5 Å². The molecule has 0 fully saturated rings. The number of amides is 2. The third-order valence-corrected chi connectivity index (χ3v) is 5.92. The molecular formula is C25H29N3O4S. The van der Waals surface area contributed by atoms with Crippen LogP contribution in [-0.4, -0.2) is 34.1 Å². The molecule has 0 bridgehead atoms. The number of hydrogen-bond donors (Lipinski definition) is 3. The van der Waals surface area contributed by atoms with Crippen molar-refractivity contribution >= 4 is 28.3 Å². The Labute approximate surface area is 197 Å². The Bertz CT molecular complexity index is 1090. The minimum atomic E-state index is -1.21. The van der Waals surface area contributed by atoms with Crippen LogP contribution in [-0.2, 0) is 16.2 Å². The van der Waals surface area contributed by atoms with Crippen molar-refractivity contribution in [2.75, 3.05) is 5.32 Å². The molecule has 1 aromatic heterocycles. The van der Waals surface area contributed by atoms with Crippen LogP contribution in [0.1, 0.15) is 33.3 Å². The van der Waals surface area contributed by atoms with Gasteiger partial charge in [-0.25, -0.2) is 4.98 Å². The van der Waals surface area contributed by atoms with Gasteiger partial charge in [-0.05, 0) is 35.6 Å². The van der Waals surface area contributed by atoms with Crippen LogP contribution in [0, 0.1) is 5.41 Å². The lowest BCUT2D eigenvalue weighted by Gasteiger charge is -2.26. The number of hydrogen-bond acceptors (Lipinski definition) is 6. The number of benzene rings is 2. The van der Waals surface area contributed by atoms with Crippen molar-refractivity contribution in [3.63, 3.8) is 0 Å². The van der Waals surface area contributed by atoms with Gasteiger partial charge >= 0.3 is 0 Å². The van der Waals surface area contributed by atoms with Crippen molar-refractivity contribution in [1.82, 2.24) is 10.3 Å². The molecule has 3 aromatic rings. The van der Waals surface area contributed by atoms with E-state index in [1.807, 2.05) is 54.6 Å². The molecule has 3 N–H and O–H groups in total. The van der Waals surface area contributed by atoms with E-state index in [2.05, 4.69) is 15.6 Å². The average molecular weight is 468 g/mol. The van der Waals surface area contributed by atoms with Crippen LogP contribution in [0.3, 0.4) is 0 Å². The van der Waals surface area contributed by atoms with Crippen molar-refractivity contribution < 1.29 is 19.4 Å². The molecule has 0 aliphatic heterocycles. The monoisotopic (exact) mass is 467 g/mol. The van der Waals surface area contributed by atoms with E-state index >= 15 is 0 Å². The molecule has 33 heavy (non-hydrogen) atoms. The summed E-state index contributed by atoms with van der Waals surface area (Å²) in [5.41, 5.74) is 1.35. The summed E-state index contributed by atoms with van der Waals surface area (Å²) in [7, 11) is 0. The molecule has 2 atom stereocenters. The first-order valence-corrected chi connectivity index (χ1v) is 11.5. The average Bonchev–Trinajstić information content (AvgIpc) is 3.25. The van der Waals surface area contributed by atoms with Gasteiger partial charge in [-0.1, -0.05) is 74.6 Å². The molecule has 2 aromatic carbocycles. The molecule has 3 rings (SSSR count). The van der Waals surface area contributed by atoms with E-state index in [4.69, 9.17) is 4.74 Å². The highest BCUT2D eigenvalue weighted by Crippen LogP contribution is 2.32. The molecule has 174 valence electrons. The van der Waals surface area contributed by atoms with Crippen molar-refractivity contribution in [3.05, 3.63) is 66.4 Å². The molecule has 0 saturated heterocycles. The number of nitrogens with one attached hydrogen (secondary N) is 2. The predicted molar refractivity (Wildman–Crippen MR) is 130 cm³/mol. The highest BCUT2D eigenvalue weighted by Gasteiger charge is 2.30.